The van der Waals surface area contributed by atoms with E-state index in [0.717, 1.165) is 16.1 Å². The average molecular weight is 283 g/mol. The number of nitrogens with one attached hydrogen (secondary N) is 1. The Bertz CT molecular complexity index is 717. The molecule has 0 bridgehead atoms. The van der Waals surface area contributed by atoms with Gasteiger partial charge in [0.05, 0.1) is 0 Å². The number of hydrogen-bond acceptors (Lipinski definition) is 2. The van der Waals surface area contributed by atoms with E-state index < -0.39 is 0 Å². The van der Waals surface area contributed by atoms with Gasteiger partial charge >= 0.3 is 0 Å². The van der Waals surface area contributed by atoms with Crippen LogP contribution in [0.4, 0.5) is 5.69 Å². The van der Waals surface area contributed by atoms with Crippen molar-refractivity contribution in [3.8, 4) is 0 Å². The molecule has 2 nitrogen and oxygen atoms in total. The molecule has 0 spiro atoms. The molecule has 0 aliphatic heterocycles. The highest BCUT2D eigenvalue weighted by atomic mass is 35.5. The summed E-state index contributed by atoms with van der Waals surface area (Å²) in [5, 5.41) is 6.63. The van der Waals surface area contributed by atoms with E-state index in [9.17, 15) is 0 Å². The van der Waals surface area contributed by atoms with E-state index in [1.165, 1.54) is 10.9 Å². The number of fused-ring (bicyclic) bond motifs is 1. The molecule has 0 saturated heterocycles. The molecule has 20 heavy (non-hydrogen) atoms. The summed E-state index contributed by atoms with van der Waals surface area (Å²) in [6.07, 6.45) is 3.70. The van der Waals surface area contributed by atoms with Crippen LogP contribution in [0.2, 0.25) is 5.02 Å². The second-order valence-corrected chi connectivity index (χ2v) is 5.26. The first-order valence-corrected chi connectivity index (χ1v) is 6.96. The monoisotopic (exact) mass is 282 g/mol. The number of anilines is 1. The molecule has 0 aliphatic carbocycles. The molecule has 3 heteroatoms. The number of rotatable bonds is 3. The Labute approximate surface area is 123 Å². The highest BCUT2D eigenvalue weighted by molar-refractivity contribution is 6.30. The number of nitrogens with zero attached hydrogens (tertiary/aromatic N) is 1. The molecule has 1 unspecified atom stereocenters. The summed E-state index contributed by atoms with van der Waals surface area (Å²) in [5.41, 5.74) is 2.33. The first-order valence-electron chi connectivity index (χ1n) is 6.59. The SMILES string of the molecule is CC(Nc1cccc2cnccc12)c1ccc(Cl)cc1. The predicted octanol–water partition coefficient (Wildman–Crippen LogP) is 5.06. The predicted molar refractivity (Wildman–Crippen MR) is 85.2 cm³/mol. The zero-order valence-corrected chi connectivity index (χ0v) is 11.9. The Morgan fingerprint density at radius 1 is 1.05 bits per heavy atom. The zero-order valence-electron chi connectivity index (χ0n) is 11.2. The van der Waals surface area contributed by atoms with Gasteiger partial charge in [-0.05, 0) is 36.8 Å². The Balaban J connectivity index is 1.91. The molecule has 1 heterocycles. The van der Waals surface area contributed by atoms with Crippen molar-refractivity contribution in [2.75, 3.05) is 5.32 Å². The summed E-state index contributed by atoms with van der Waals surface area (Å²) < 4.78 is 0. The molecular weight excluding hydrogens is 268 g/mol. The van der Waals surface area contributed by atoms with Gasteiger partial charge in [-0.2, -0.15) is 0 Å². The lowest BCUT2D eigenvalue weighted by Crippen LogP contribution is -2.06. The second kappa shape index (κ2) is 5.51. The van der Waals surface area contributed by atoms with Gasteiger partial charge in [-0.25, -0.2) is 0 Å². The van der Waals surface area contributed by atoms with E-state index in [2.05, 4.69) is 29.4 Å². The van der Waals surface area contributed by atoms with Crippen LogP contribution in [0.15, 0.2) is 60.9 Å². The van der Waals surface area contributed by atoms with Gasteiger partial charge in [-0.1, -0.05) is 35.9 Å². The van der Waals surface area contributed by atoms with E-state index >= 15 is 0 Å². The quantitative estimate of drug-likeness (QED) is 0.726. The van der Waals surface area contributed by atoms with Crippen molar-refractivity contribution in [3.05, 3.63) is 71.5 Å². The second-order valence-electron chi connectivity index (χ2n) is 4.82. The van der Waals surface area contributed by atoms with Crippen LogP contribution in [0, 0.1) is 0 Å². The summed E-state index contributed by atoms with van der Waals surface area (Å²) in [4.78, 5) is 4.16. The van der Waals surface area contributed by atoms with Crippen molar-refractivity contribution < 1.29 is 0 Å². The zero-order chi connectivity index (χ0) is 13.9. The number of benzene rings is 2. The van der Waals surface area contributed by atoms with E-state index in [4.69, 9.17) is 11.6 Å². The smallest absolute Gasteiger partial charge is 0.0485 e. The van der Waals surface area contributed by atoms with Crippen LogP contribution in [0.1, 0.15) is 18.5 Å². The van der Waals surface area contributed by atoms with Crippen molar-refractivity contribution >= 4 is 28.1 Å². The van der Waals surface area contributed by atoms with Gasteiger partial charge < -0.3 is 5.32 Å². The minimum absolute atomic E-state index is 0.214. The first kappa shape index (κ1) is 12.9. The summed E-state index contributed by atoms with van der Waals surface area (Å²) in [5.74, 6) is 0. The van der Waals surface area contributed by atoms with Crippen LogP contribution in [0.3, 0.4) is 0 Å². The van der Waals surface area contributed by atoms with Crippen molar-refractivity contribution in [3.63, 3.8) is 0 Å². The van der Waals surface area contributed by atoms with Crippen molar-refractivity contribution in [1.82, 2.24) is 4.98 Å². The van der Waals surface area contributed by atoms with Crippen molar-refractivity contribution in [1.29, 1.82) is 0 Å². The molecule has 0 fully saturated rings. The lowest BCUT2D eigenvalue weighted by atomic mass is 10.1. The standard InChI is InChI=1S/C17H15ClN2/c1-12(13-5-7-15(18)8-6-13)20-17-4-2-3-14-11-19-10-9-16(14)17/h2-12,20H,1H3. The summed E-state index contributed by atoms with van der Waals surface area (Å²) in [6.45, 7) is 2.14. The highest BCUT2D eigenvalue weighted by Gasteiger charge is 2.07. The van der Waals surface area contributed by atoms with Crippen LogP contribution >= 0.6 is 11.6 Å². The third kappa shape index (κ3) is 2.61. The minimum Gasteiger partial charge on any atom is -0.378 e. The fourth-order valence-electron chi connectivity index (χ4n) is 2.32. The molecule has 1 atom stereocenters. The third-order valence-electron chi connectivity index (χ3n) is 3.42. The van der Waals surface area contributed by atoms with E-state index in [1.807, 2.05) is 48.8 Å². The van der Waals surface area contributed by atoms with E-state index in [1.54, 1.807) is 0 Å². The molecular formula is C17H15ClN2. The van der Waals surface area contributed by atoms with Gasteiger partial charge in [0.15, 0.2) is 0 Å². The molecule has 0 saturated carbocycles. The molecule has 1 aromatic heterocycles. The Morgan fingerprint density at radius 3 is 2.65 bits per heavy atom. The normalized spacial score (nSPS) is 12.3. The highest BCUT2D eigenvalue weighted by Crippen LogP contribution is 2.26. The lowest BCUT2D eigenvalue weighted by molar-refractivity contribution is 0.887. The minimum atomic E-state index is 0.214. The Hall–Kier alpha value is -2.06. The largest absolute Gasteiger partial charge is 0.378 e. The molecule has 0 amide bonds. The maximum absolute atomic E-state index is 5.93. The van der Waals surface area contributed by atoms with Gasteiger partial charge in [-0.3, -0.25) is 4.98 Å². The van der Waals surface area contributed by atoms with Gasteiger partial charge in [0.25, 0.3) is 0 Å². The number of halogens is 1. The maximum Gasteiger partial charge on any atom is 0.0485 e. The molecule has 1 N–H and O–H groups in total. The summed E-state index contributed by atoms with van der Waals surface area (Å²) in [6, 6.07) is 16.4. The Morgan fingerprint density at radius 2 is 1.85 bits per heavy atom. The van der Waals surface area contributed by atoms with Crippen LogP contribution in [-0.2, 0) is 0 Å². The van der Waals surface area contributed by atoms with Gasteiger partial charge in [0.1, 0.15) is 0 Å². The van der Waals surface area contributed by atoms with Crippen molar-refractivity contribution in [2.24, 2.45) is 0 Å². The third-order valence-corrected chi connectivity index (χ3v) is 3.67. The molecule has 0 radical (unpaired) electrons. The van der Waals surface area contributed by atoms with Crippen LogP contribution in [-0.4, -0.2) is 4.98 Å². The van der Waals surface area contributed by atoms with Crippen molar-refractivity contribution in [2.45, 2.75) is 13.0 Å². The van der Waals surface area contributed by atoms with E-state index in [0.29, 0.717) is 0 Å². The molecule has 100 valence electrons. The number of aromatic nitrogens is 1. The number of hydrogen-bond donors (Lipinski definition) is 1. The van der Waals surface area contributed by atoms with Gasteiger partial charge in [0, 0.05) is 39.9 Å². The summed E-state index contributed by atoms with van der Waals surface area (Å²) >= 11 is 5.93. The number of pyridine rings is 1. The van der Waals surface area contributed by atoms with Crippen LogP contribution in [0.5, 0.6) is 0 Å². The topological polar surface area (TPSA) is 24.9 Å². The molecule has 2 aromatic carbocycles. The molecule has 0 aliphatic rings. The maximum atomic E-state index is 5.93. The first-order chi connectivity index (χ1) is 9.74. The fraction of sp³-hybridized carbons (Fsp3) is 0.118. The molecule has 3 rings (SSSR count). The van der Waals surface area contributed by atoms with Crippen LogP contribution < -0.4 is 5.32 Å². The van der Waals surface area contributed by atoms with Gasteiger partial charge in [0.2, 0.25) is 0 Å². The van der Waals surface area contributed by atoms with E-state index in [-0.39, 0.29) is 6.04 Å². The Kier molecular flexibility index (Phi) is 3.57. The van der Waals surface area contributed by atoms with Crippen LogP contribution in [0.25, 0.3) is 10.8 Å². The average Bonchev–Trinajstić information content (AvgIpc) is 2.48. The summed E-state index contributed by atoms with van der Waals surface area (Å²) in [7, 11) is 0. The fourth-order valence-corrected chi connectivity index (χ4v) is 2.44. The lowest BCUT2D eigenvalue weighted by Gasteiger charge is -2.17. The molecule has 3 aromatic rings. The van der Waals surface area contributed by atoms with Gasteiger partial charge in [-0.15, -0.1) is 0 Å².